The van der Waals surface area contributed by atoms with Crippen molar-refractivity contribution in [1.82, 2.24) is 20.4 Å². The molecule has 8 heteroatoms. The molecule has 0 bridgehead atoms. The van der Waals surface area contributed by atoms with E-state index in [0.717, 1.165) is 55.7 Å². The zero-order chi connectivity index (χ0) is 21.4. The zero-order valence-corrected chi connectivity index (χ0v) is 17.3. The minimum atomic E-state index is -0.500. The lowest BCUT2D eigenvalue weighted by atomic mass is 10.0. The number of halogens is 1. The van der Waals surface area contributed by atoms with Crippen molar-refractivity contribution in [3.63, 3.8) is 0 Å². The smallest absolute Gasteiger partial charge is 0.254 e. The quantitative estimate of drug-likeness (QED) is 0.674. The van der Waals surface area contributed by atoms with Gasteiger partial charge in [-0.1, -0.05) is 17.3 Å². The van der Waals surface area contributed by atoms with Crippen LogP contribution < -0.4 is 10.2 Å². The highest BCUT2D eigenvalue weighted by Crippen LogP contribution is 2.43. The maximum absolute atomic E-state index is 13.8. The Morgan fingerprint density at radius 3 is 2.65 bits per heavy atom. The van der Waals surface area contributed by atoms with Crippen LogP contribution in [0.1, 0.15) is 53.3 Å². The van der Waals surface area contributed by atoms with E-state index in [2.05, 4.69) is 20.4 Å². The molecule has 1 amide bonds. The molecule has 0 radical (unpaired) electrons. The van der Waals surface area contributed by atoms with Gasteiger partial charge in [0.1, 0.15) is 5.82 Å². The van der Waals surface area contributed by atoms with Crippen molar-refractivity contribution in [3.05, 3.63) is 59.3 Å². The second-order valence-corrected chi connectivity index (χ2v) is 8.29. The summed E-state index contributed by atoms with van der Waals surface area (Å²) in [5, 5.41) is 6.94. The van der Waals surface area contributed by atoms with Crippen molar-refractivity contribution >= 4 is 11.9 Å². The number of carbonyl (C=O) groups excluding carboxylic acids is 1. The molecule has 2 aliphatic rings. The summed E-state index contributed by atoms with van der Waals surface area (Å²) in [7, 11) is 0. The average Bonchev–Trinajstić information content (AvgIpc) is 3.54. The van der Waals surface area contributed by atoms with E-state index in [0.29, 0.717) is 17.6 Å². The number of piperidine rings is 1. The van der Waals surface area contributed by atoms with Gasteiger partial charge >= 0.3 is 0 Å². The molecule has 160 valence electrons. The fourth-order valence-electron chi connectivity index (χ4n) is 4.02. The number of carbonyl (C=O) groups is 1. The van der Waals surface area contributed by atoms with Crippen molar-refractivity contribution in [3.8, 4) is 11.3 Å². The lowest BCUT2D eigenvalue weighted by Crippen LogP contribution is -2.45. The van der Waals surface area contributed by atoms with Crippen LogP contribution in [0.25, 0.3) is 11.3 Å². The van der Waals surface area contributed by atoms with Crippen LogP contribution >= 0.6 is 0 Å². The number of anilines is 1. The van der Waals surface area contributed by atoms with Crippen LogP contribution in [0.2, 0.25) is 0 Å². The number of aromatic nitrogens is 3. The van der Waals surface area contributed by atoms with E-state index in [1.165, 1.54) is 12.1 Å². The van der Waals surface area contributed by atoms with Gasteiger partial charge in [0.25, 0.3) is 5.91 Å². The Labute approximate surface area is 179 Å². The van der Waals surface area contributed by atoms with E-state index < -0.39 is 5.82 Å². The van der Waals surface area contributed by atoms with E-state index in [1.807, 2.05) is 19.2 Å². The molecule has 7 nitrogen and oxygen atoms in total. The zero-order valence-electron chi connectivity index (χ0n) is 17.3. The highest BCUT2D eigenvalue weighted by Gasteiger charge is 2.31. The van der Waals surface area contributed by atoms with Crippen LogP contribution in [-0.4, -0.2) is 40.2 Å². The summed E-state index contributed by atoms with van der Waals surface area (Å²) in [6.07, 6.45) is 5.60. The average molecular weight is 421 g/mol. The van der Waals surface area contributed by atoms with E-state index in [9.17, 15) is 9.18 Å². The molecule has 3 aromatic rings. The molecule has 1 N–H and O–H groups in total. The second kappa shape index (κ2) is 8.09. The molecule has 1 saturated heterocycles. The van der Waals surface area contributed by atoms with Gasteiger partial charge in [-0.15, -0.1) is 0 Å². The minimum absolute atomic E-state index is 0.00250. The van der Waals surface area contributed by atoms with Crippen molar-refractivity contribution < 1.29 is 13.7 Å². The van der Waals surface area contributed by atoms with Crippen LogP contribution in [0.4, 0.5) is 10.3 Å². The number of hydrogen-bond donors (Lipinski definition) is 1. The fourth-order valence-corrected chi connectivity index (χ4v) is 4.02. The predicted octanol–water partition coefficient (Wildman–Crippen LogP) is 3.86. The van der Waals surface area contributed by atoms with Crippen molar-refractivity contribution in [2.45, 2.75) is 44.6 Å². The number of rotatable bonds is 5. The Balaban J connectivity index is 1.26. The molecule has 2 aromatic heterocycles. The number of benzene rings is 1. The van der Waals surface area contributed by atoms with Gasteiger partial charge in [0.2, 0.25) is 5.95 Å². The SMILES string of the molecule is Cc1cc(-c2cnc(N3CCC(NC(=O)c4ccccc4F)CC3)nc2C2CC2)on1. The maximum Gasteiger partial charge on any atom is 0.254 e. The molecule has 31 heavy (non-hydrogen) atoms. The van der Waals surface area contributed by atoms with Gasteiger partial charge in [0, 0.05) is 37.3 Å². The van der Waals surface area contributed by atoms with Crippen LogP contribution in [0.3, 0.4) is 0 Å². The largest absolute Gasteiger partial charge is 0.356 e. The number of nitrogens with zero attached hydrogens (tertiary/aromatic N) is 4. The molecule has 1 aromatic carbocycles. The van der Waals surface area contributed by atoms with Gasteiger partial charge in [-0.3, -0.25) is 4.79 Å². The molecule has 2 fully saturated rings. The monoisotopic (exact) mass is 421 g/mol. The third-order valence-electron chi connectivity index (χ3n) is 5.89. The first-order valence-corrected chi connectivity index (χ1v) is 10.7. The summed E-state index contributed by atoms with van der Waals surface area (Å²) in [5.41, 5.74) is 2.86. The third kappa shape index (κ3) is 4.15. The Hall–Kier alpha value is -3.29. The Morgan fingerprint density at radius 2 is 1.97 bits per heavy atom. The predicted molar refractivity (Wildman–Crippen MR) is 113 cm³/mol. The first-order chi connectivity index (χ1) is 15.1. The van der Waals surface area contributed by atoms with Crippen molar-refractivity contribution in [2.75, 3.05) is 18.0 Å². The van der Waals surface area contributed by atoms with Crippen LogP contribution in [0.15, 0.2) is 41.1 Å². The summed E-state index contributed by atoms with van der Waals surface area (Å²) in [5.74, 6) is 0.997. The third-order valence-corrected chi connectivity index (χ3v) is 5.89. The molecule has 5 rings (SSSR count). The van der Waals surface area contributed by atoms with Gasteiger partial charge in [-0.25, -0.2) is 14.4 Å². The van der Waals surface area contributed by atoms with Gasteiger partial charge < -0.3 is 14.7 Å². The number of nitrogens with one attached hydrogen (secondary N) is 1. The van der Waals surface area contributed by atoms with E-state index >= 15 is 0 Å². The molecule has 1 aliphatic carbocycles. The van der Waals surface area contributed by atoms with Gasteiger partial charge in [0.05, 0.1) is 22.5 Å². The highest BCUT2D eigenvalue weighted by atomic mass is 19.1. The summed E-state index contributed by atoms with van der Waals surface area (Å²) >= 11 is 0. The van der Waals surface area contributed by atoms with Crippen molar-refractivity contribution in [2.24, 2.45) is 0 Å². The normalized spacial score (nSPS) is 17.0. The Morgan fingerprint density at radius 1 is 1.19 bits per heavy atom. The summed E-state index contributed by atoms with van der Waals surface area (Å²) in [6.45, 7) is 3.36. The molecule has 1 aliphatic heterocycles. The lowest BCUT2D eigenvalue weighted by Gasteiger charge is -2.32. The minimum Gasteiger partial charge on any atom is -0.356 e. The highest BCUT2D eigenvalue weighted by molar-refractivity contribution is 5.94. The molecule has 3 heterocycles. The second-order valence-electron chi connectivity index (χ2n) is 8.29. The van der Waals surface area contributed by atoms with E-state index in [4.69, 9.17) is 9.51 Å². The maximum atomic E-state index is 13.8. The standard InChI is InChI=1S/C23H24FN5O2/c1-14-12-20(31-28-14)18-13-25-23(27-21(18)15-6-7-15)29-10-8-16(9-11-29)26-22(30)17-4-2-3-5-19(17)24/h2-5,12-13,15-16H,6-11H2,1H3,(H,26,30). The molecular weight excluding hydrogens is 397 g/mol. The van der Waals surface area contributed by atoms with E-state index in [1.54, 1.807) is 12.1 Å². The van der Waals surface area contributed by atoms with Crippen LogP contribution in [0, 0.1) is 12.7 Å². The van der Waals surface area contributed by atoms with Crippen molar-refractivity contribution in [1.29, 1.82) is 0 Å². The molecular formula is C23H24FN5O2. The van der Waals surface area contributed by atoms with Gasteiger partial charge in [-0.2, -0.15) is 0 Å². The van der Waals surface area contributed by atoms with Crippen LogP contribution in [0.5, 0.6) is 0 Å². The Bertz CT molecular complexity index is 1100. The summed E-state index contributed by atoms with van der Waals surface area (Å²) in [4.78, 5) is 24.0. The number of aryl methyl sites for hydroxylation is 1. The van der Waals surface area contributed by atoms with Gasteiger partial charge in [0.15, 0.2) is 5.76 Å². The van der Waals surface area contributed by atoms with Gasteiger partial charge in [-0.05, 0) is 44.7 Å². The molecule has 0 unspecified atom stereocenters. The molecule has 0 spiro atoms. The van der Waals surface area contributed by atoms with E-state index in [-0.39, 0.29) is 17.5 Å². The first-order valence-electron chi connectivity index (χ1n) is 10.7. The number of hydrogen-bond acceptors (Lipinski definition) is 6. The molecule has 0 atom stereocenters. The topological polar surface area (TPSA) is 84.2 Å². The fraction of sp³-hybridized carbons (Fsp3) is 0.391. The summed E-state index contributed by atoms with van der Waals surface area (Å²) in [6, 6.07) is 7.96. The molecule has 1 saturated carbocycles. The van der Waals surface area contributed by atoms with Crippen LogP contribution in [-0.2, 0) is 0 Å². The first kappa shape index (κ1) is 19.7. The number of amides is 1. The summed E-state index contributed by atoms with van der Waals surface area (Å²) < 4.78 is 19.3. The Kier molecular flexibility index (Phi) is 5.13. The lowest BCUT2D eigenvalue weighted by molar-refractivity contribution is 0.0927.